The van der Waals surface area contributed by atoms with Crippen molar-refractivity contribution < 1.29 is 14.6 Å². The van der Waals surface area contributed by atoms with Crippen molar-refractivity contribution in [3.05, 3.63) is 76.9 Å². The van der Waals surface area contributed by atoms with Crippen LogP contribution in [0, 0.1) is 5.92 Å². The first-order valence-corrected chi connectivity index (χ1v) is 10.2. The van der Waals surface area contributed by atoms with Gasteiger partial charge in [0.2, 0.25) is 0 Å². The van der Waals surface area contributed by atoms with Gasteiger partial charge in [-0.05, 0) is 41.7 Å². The van der Waals surface area contributed by atoms with Crippen LogP contribution in [0.25, 0.3) is 6.08 Å². The van der Waals surface area contributed by atoms with Gasteiger partial charge in [-0.25, -0.2) is 4.79 Å². The molecule has 0 aliphatic heterocycles. The van der Waals surface area contributed by atoms with Crippen molar-refractivity contribution in [3.8, 4) is 0 Å². The molecule has 0 fully saturated rings. The molecule has 1 aliphatic carbocycles. The number of carbonyl (C=O) groups is 1. The highest BCUT2D eigenvalue weighted by atomic mass is 16.5. The molecule has 0 heterocycles. The minimum absolute atomic E-state index is 0.0548. The smallest absolute Gasteiger partial charge is 0.337 e. The SMILES string of the molecule is CC.CCCC1(Cc2ccccc2)c2ccc(C(=O)OC)cc2C=CC1CO. The molecule has 3 nitrogen and oxygen atoms in total. The van der Waals surface area contributed by atoms with Crippen molar-refractivity contribution in [1.29, 1.82) is 0 Å². The highest BCUT2D eigenvalue weighted by Crippen LogP contribution is 2.46. The number of aliphatic hydroxyl groups excluding tert-OH is 1. The molecule has 2 aromatic carbocycles. The van der Waals surface area contributed by atoms with Crippen molar-refractivity contribution in [1.82, 2.24) is 0 Å². The first kappa shape index (κ1) is 21.9. The van der Waals surface area contributed by atoms with Gasteiger partial charge in [0.1, 0.15) is 0 Å². The number of benzene rings is 2. The van der Waals surface area contributed by atoms with E-state index >= 15 is 0 Å². The average Bonchev–Trinajstić information content (AvgIpc) is 2.75. The molecule has 0 aromatic heterocycles. The number of fused-ring (bicyclic) bond motifs is 1. The number of rotatable bonds is 6. The molecule has 2 unspecified atom stereocenters. The monoisotopic (exact) mass is 380 g/mol. The summed E-state index contributed by atoms with van der Waals surface area (Å²) in [5, 5.41) is 10.1. The summed E-state index contributed by atoms with van der Waals surface area (Å²) in [6, 6.07) is 16.2. The van der Waals surface area contributed by atoms with Crippen molar-refractivity contribution >= 4 is 12.0 Å². The minimum Gasteiger partial charge on any atom is -0.465 e. The molecule has 0 spiro atoms. The molecular weight excluding hydrogens is 348 g/mol. The van der Waals surface area contributed by atoms with Gasteiger partial charge in [-0.1, -0.05) is 75.7 Å². The van der Waals surface area contributed by atoms with Gasteiger partial charge in [-0.15, -0.1) is 0 Å². The van der Waals surface area contributed by atoms with Crippen molar-refractivity contribution in [2.45, 2.75) is 45.4 Å². The van der Waals surface area contributed by atoms with E-state index in [1.807, 2.05) is 44.2 Å². The van der Waals surface area contributed by atoms with Crippen molar-refractivity contribution in [3.63, 3.8) is 0 Å². The lowest BCUT2D eigenvalue weighted by Crippen LogP contribution is -2.41. The maximum atomic E-state index is 11.9. The second-order valence-electron chi connectivity index (χ2n) is 7.01. The predicted molar refractivity (Wildman–Crippen MR) is 115 cm³/mol. The third kappa shape index (κ3) is 4.36. The van der Waals surface area contributed by atoms with E-state index in [0.29, 0.717) is 5.56 Å². The Morgan fingerprint density at radius 2 is 1.86 bits per heavy atom. The lowest BCUT2D eigenvalue weighted by Gasteiger charge is -2.43. The summed E-state index contributed by atoms with van der Waals surface area (Å²) in [6.07, 6.45) is 6.99. The van der Waals surface area contributed by atoms with Crippen LogP contribution in [0.2, 0.25) is 0 Å². The zero-order valence-corrected chi connectivity index (χ0v) is 17.4. The average molecular weight is 381 g/mol. The second kappa shape index (κ2) is 10.2. The fourth-order valence-electron chi connectivity index (χ4n) is 4.28. The first-order valence-electron chi connectivity index (χ1n) is 10.2. The van der Waals surface area contributed by atoms with E-state index in [2.05, 4.69) is 37.3 Å². The molecule has 0 bridgehead atoms. The van der Waals surface area contributed by atoms with Crippen LogP contribution in [0.3, 0.4) is 0 Å². The summed E-state index contributed by atoms with van der Waals surface area (Å²) < 4.78 is 4.86. The Morgan fingerprint density at radius 1 is 1.14 bits per heavy atom. The Labute approximate surface area is 169 Å². The number of ether oxygens (including phenoxy) is 1. The van der Waals surface area contributed by atoms with Gasteiger partial charge in [-0.2, -0.15) is 0 Å². The molecule has 2 atom stereocenters. The van der Waals surface area contributed by atoms with Gasteiger partial charge >= 0.3 is 5.97 Å². The minimum atomic E-state index is -0.324. The topological polar surface area (TPSA) is 46.5 Å². The molecule has 1 N–H and O–H groups in total. The zero-order chi connectivity index (χ0) is 20.6. The molecule has 150 valence electrons. The number of hydrogen-bond acceptors (Lipinski definition) is 3. The standard InChI is InChI=1S/C23H26O3.C2H6/c1-3-13-23(15-17-7-5-4-6-8-17)20(16-24)11-9-18-14-19(22(25)26-2)10-12-21(18)23;1-2/h4-12,14,20,24H,3,13,15-16H2,1-2H3;1-2H3. The fourth-order valence-corrected chi connectivity index (χ4v) is 4.28. The van der Waals surface area contributed by atoms with E-state index in [1.54, 1.807) is 0 Å². The quantitative estimate of drug-likeness (QED) is 0.681. The van der Waals surface area contributed by atoms with Gasteiger partial charge in [0.05, 0.1) is 19.3 Å². The second-order valence-corrected chi connectivity index (χ2v) is 7.01. The van der Waals surface area contributed by atoms with E-state index in [0.717, 1.165) is 24.8 Å². The van der Waals surface area contributed by atoms with Crippen LogP contribution >= 0.6 is 0 Å². The van der Waals surface area contributed by atoms with E-state index in [4.69, 9.17) is 4.74 Å². The summed E-state index contributed by atoms with van der Waals surface area (Å²) >= 11 is 0. The van der Waals surface area contributed by atoms with Crippen LogP contribution in [0.15, 0.2) is 54.6 Å². The molecular formula is C25H32O3. The number of esters is 1. The molecule has 3 rings (SSSR count). The number of hydrogen-bond donors (Lipinski definition) is 1. The Morgan fingerprint density at radius 3 is 2.46 bits per heavy atom. The van der Waals surface area contributed by atoms with Gasteiger partial charge < -0.3 is 9.84 Å². The van der Waals surface area contributed by atoms with Crippen LogP contribution < -0.4 is 0 Å². The molecule has 0 saturated heterocycles. The number of aliphatic hydroxyl groups is 1. The Hall–Kier alpha value is -2.39. The van der Waals surface area contributed by atoms with Crippen molar-refractivity contribution in [2.24, 2.45) is 5.92 Å². The zero-order valence-electron chi connectivity index (χ0n) is 17.4. The third-order valence-corrected chi connectivity index (χ3v) is 5.48. The summed E-state index contributed by atoms with van der Waals surface area (Å²) in [7, 11) is 1.40. The van der Waals surface area contributed by atoms with Gasteiger partial charge in [0.25, 0.3) is 0 Å². The molecule has 0 radical (unpaired) electrons. The van der Waals surface area contributed by atoms with E-state index in [9.17, 15) is 9.90 Å². The van der Waals surface area contributed by atoms with Gasteiger partial charge in [0.15, 0.2) is 0 Å². The summed E-state index contributed by atoms with van der Waals surface area (Å²) in [4.78, 5) is 11.9. The summed E-state index contributed by atoms with van der Waals surface area (Å²) in [5.74, 6) is -0.270. The van der Waals surface area contributed by atoms with Crippen molar-refractivity contribution in [2.75, 3.05) is 13.7 Å². The normalized spacial score (nSPS) is 20.0. The molecule has 0 saturated carbocycles. The lowest BCUT2D eigenvalue weighted by molar-refractivity contribution is 0.0600. The van der Waals surface area contributed by atoms with Crippen LogP contribution in [0.4, 0.5) is 0 Å². The Kier molecular flexibility index (Phi) is 8.01. The van der Waals surface area contributed by atoms with Crippen LogP contribution in [0.5, 0.6) is 0 Å². The summed E-state index contributed by atoms with van der Waals surface area (Å²) in [6.45, 7) is 6.30. The van der Waals surface area contributed by atoms with Crippen LogP contribution in [0.1, 0.15) is 60.7 Å². The predicted octanol–water partition coefficient (Wildman–Crippen LogP) is 5.42. The highest BCUT2D eigenvalue weighted by molar-refractivity contribution is 5.90. The molecule has 1 aliphatic rings. The maximum absolute atomic E-state index is 11.9. The third-order valence-electron chi connectivity index (χ3n) is 5.48. The highest BCUT2D eigenvalue weighted by Gasteiger charge is 2.41. The van der Waals surface area contributed by atoms with Gasteiger partial charge in [-0.3, -0.25) is 0 Å². The summed E-state index contributed by atoms with van der Waals surface area (Å²) in [5.41, 5.74) is 3.89. The van der Waals surface area contributed by atoms with E-state index < -0.39 is 0 Å². The number of carbonyl (C=O) groups excluding carboxylic acids is 1. The lowest BCUT2D eigenvalue weighted by atomic mass is 9.61. The first-order chi connectivity index (χ1) is 13.6. The Bertz CT molecular complexity index is 795. The van der Waals surface area contributed by atoms with Crippen LogP contribution in [-0.2, 0) is 16.6 Å². The Balaban J connectivity index is 0.00000136. The maximum Gasteiger partial charge on any atom is 0.337 e. The largest absolute Gasteiger partial charge is 0.465 e. The van der Waals surface area contributed by atoms with Gasteiger partial charge in [0, 0.05) is 11.3 Å². The molecule has 3 heteroatoms. The number of methoxy groups -OCH3 is 1. The molecule has 2 aromatic rings. The van der Waals surface area contributed by atoms with Crippen LogP contribution in [-0.4, -0.2) is 24.8 Å². The van der Waals surface area contributed by atoms with E-state index in [1.165, 1.54) is 18.2 Å². The van der Waals surface area contributed by atoms with E-state index in [-0.39, 0.29) is 23.9 Å². The molecule has 28 heavy (non-hydrogen) atoms. The fraction of sp³-hybridized carbons (Fsp3) is 0.400. The molecule has 0 amide bonds.